The van der Waals surface area contributed by atoms with Gasteiger partial charge in [0.15, 0.2) is 0 Å². The van der Waals surface area contributed by atoms with E-state index in [4.69, 9.17) is 15.4 Å². The van der Waals surface area contributed by atoms with Crippen molar-refractivity contribution in [2.24, 2.45) is 5.73 Å². The van der Waals surface area contributed by atoms with Crippen LogP contribution in [0.1, 0.15) is 47.0 Å². The van der Waals surface area contributed by atoms with Gasteiger partial charge in [-0.1, -0.05) is 19.8 Å². The van der Waals surface area contributed by atoms with Crippen LogP contribution in [0, 0.1) is 0 Å². The molecule has 0 saturated carbocycles. The van der Waals surface area contributed by atoms with E-state index in [2.05, 4.69) is 16.7 Å². The summed E-state index contributed by atoms with van der Waals surface area (Å²) in [4.78, 5) is 30.6. The summed E-state index contributed by atoms with van der Waals surface area (Å²) in [5.74, 6) is -0.797. The molecule has 0 aliphatic heterocycles. The van der Waals surface area contributed by atoms with Crippen LogP contribution in [0.2, 0.25) is 0 Å². The first-order valence-electron chi connectivity index (χ1n) is 7.75. The van der Waals surface area contributed by atoms with E-state index < -0.39 is 25.6 Å². The lowest BCUT2D eigenvalue weighted by Crippen LogP contribution is -2.32. The quantitative estimate of drug-likeness (QED) is 0.419. The summed E-state index contributed by atoms with van der Waals surface area (Å²) >= 11 is 0. The lowest BCUT2D eigenvalue weighted by Gasteiger charge is -2.14. The first kappa shape index (κ1) is 24.3. The first-order chi connectivity index (χ1) is 10.6. The van der Waals surface area contributed by atoms with Crippen LogP contribution in [-0.2, 0) is 23.6 Å². The zero-order valence-electron chi connectivity index (χ0n) is 14.7. The van der Waals surface area contributed by atoms with Gasteiger partial charge in [0, 0.05) is 6.66 Å². The van der Waals surface area contributed by atoms with Crippen LogP contribution in [0.3, 0.4) is 0 Å². The molecular formula is C14H31N2O6P. The molecule has 23 heavy (non-hydrogen) atoms. The zero-order valence-corrected chi connectivity index (χ0v) is 15.6. The van der Waals surface area contributed by atoms with Crippen LogP contribution in [0.4, 0.5) is 0 Å². The minimum atomic E-state index is -3.35. The van der Waals surface area contributed by atoms with Crippen molar-refractivity contribution in [3.8, 4) is 0 Å². The van der Waals surface area contributed by atoms with Crippen LogP contribution in [-0.4, -0.2) is 48.8 Å². The number of esters is 2. The molecule has 0 aromatic rings. The highest BCUT2D eigenvalue weighted by atomic mass is 31.2. The second-order valence-corrected chi connectivity index (χ2v) is 7.00. The third-order valence-corrected chi connectivity index (χ3v) is 3.40. The number of ether oxygens (including phenoxy) is 2. The summed E-state index contributed by atoms with van der Waals surface area (Å²) < 4.78 is 20.1. The number of nitrogens with two attached hydrogens (primary N) is 1. The van der Waals surface area contributed by atoms with Crippen molar-refractivity contribution < 1.29 is 28.5 Å². The largest absolute Gasteiger partial charge is 0.465 e. The second kappa shape index (κ2) is 13.5. The van der Waals surface area contributed by atoms with Crippen molar-refractivity contribution in [2.45, 2.75) is 59.0 Å². The Morgan fingerprint density at radius 1 is 1.17 bits per heavy atom. The van der Waals surface area contributed by atoms with Gasteiger partial charge in [-0.2, -0.15) is 0 Å². The molecule has 8 nitrogen and oxygen atoms in total. The standard InChI is InChI=1S/C8H17NO2.C6H14NO4P/c1-3-5-6-7(9)8(10)11-4-2;1-4-11-6(8)5(2)7-12(3,9)10/h7H,3-6,9H2,1-2H3;5H,4H2,1-3H3,(H2,7,9,10). The Hall–Kier alpha value is -0.950. The van der Waals surface area contributed by atoms with Gasteiger partial charge >= 0.3 is 11.9 Å². The molecule has 0 amide bonds. The van der Waals surface area contributed by atoms with Gasteiger partial charge in [-0.15, -0.1) is 0 Å². The number of hydrogen-bond acceptors (Lipinski definition) is 6. The molecule has 0 bridgehead atoms. The van der Waals surface area contributed by atoms with E-state index in [9.17, 15) is 14.2 Å². The Labute approximate surface area is 138 Å². The van der Waals surface area contributed by atoms with Crippen molar-refractivity contribution in [3.63, 3.8) is 0 Å². The predicted octanol–water partition coefficient (Wildman–Crippen LogP) is 1.41. The van der Waals surface area contributed by atoms with Gasteiger partial charge in [0.2, 0.25) is 0 Å². The Morgan fingerprint density at radius 2 is 1.65 bits per heavy atom. The van der Waals surface area contributed by atoms with E-state index in [0.29, 0.717) is 6.61 Å². The van der Waals surface area contributed by atoms with E-state index in [0.717, 1.165) is 25.9 Å². The molecule has 3 atom stereocenters. The summed E-state index contributed by atoms with van der Waals surface area (Å²) in [5, 5.41) is 2.24. The lowest BCUT2D eigenvalue weighted by molar-refractivity contribution is -0.145. The first-order valence-corrected chi connectivity index (χ1v) is 9.86. The summed E-state index contributed by atoms with van der Waals surface area (Å²) in [7, 11) is -3.35. The monoisotopic (exact) mass is 354 g/mol. The second-order valence-electron chi connectivity index (χ2n) is 4.98. The Bertz CT molecular complexity index is 385. The number of nitrogens with one attached hydrogen (secondary N) is 1. The molecule has 0 saturated heterocycles. The fourth-order valence-electron chi connectivity index (χ4n) is 1.47. The topological polar surface area (TPSA) is 128 Å². The normalized spacial score (nSPS) is 15.4. The summed E-state index contributed by atoms with van der Waals surface area (Å²) in [6, 6.07) is -1.17. The SMILES string of the molecule is CCCCC(N)C(=O)OCC.CCOC(=O)C(C)NP(C)(=O)O. The van der Waals surface area contributed by atoms with E-state index in [-0.39, 0.29) is 12.6 Å². The summed E-state index contributed by atoms with van der Waals surface area (Å²) in [6.45, 7) is 8.81. The van der Waals surface area contributed by atoms with Gasteiger partial charge < -0.3 is 20.1 Å². The average Bonchev–Trinajstić information content (AvgIpc) is 2.44. The molecule has 0 fully saturated rings. The van der Waals surface area contributed by atoms with Crippen LogP contribution < -0.4 is 10.8 Å². The lowest BCUT2D eigenvalue weighted by atomic mass is 10.1. The molecule has 9 heteroatoms. The van der Waals surface area contributed by atoms with Gasteiger partial charge in [-0.25, -0.2) is 5.09 Å². The minimum absolute atomic E-state index is 0.268. The molecule has 0 radical (unpaired) electrons. The van der Waals surface area contributed by atoms with Gasteiger partial charge in [-0.3, -0.25) is 14.2 Å². The number of carbonyl (C=O) groups is 2. The molecule has 0 rings (SSSR count). The van der Waals surface area contributed by atoms with Crippen LogP contribution in [0.5, 0.6) is 0 Å². The summed E-state index contributed by atoms with van der Waals surface area (Å²) in [5.41, 5.74) is 5.51. The van der Waals surface area contributed by atoms with Gasteiger partial charge in [0.1, 0.15) is 12.1 Å². The molecule has 0 aliphatic rings. The molecule has 0 aromatic carbocycles. The smallest absolute Gasteiger partial charge is 0.323 e. The highest BCUT2D eigenvalue weighted by molar-refractivity contribution is 7.55. The third-order valence-electron chi connectivity index (χ3n) is 2.53. The van der Waals surface area contributed by atoms with E-state index in [1.165, 1.54) is 6.92 Å². The predicted molar refractivity (Wildman–Crippen MR) is 89.1 cm³/mol. The van der Waals surface area contributed by atoms with Crippen LogP contribution in [0.15, 0.2) is 0 Å². The maximum atomic E-state index is 10.9. The van der Waals surface area contributed by atoms with Crippen molar-refractivity contribution in [2.75, 3.05) is 19.9 Å². The van der Waals surface area contributed by atoms with Crippen molar-refractivity contribution in [3.05, 3.63) is 0 Å². The highest BCUT2D eigenvalue weighted by Gasteiger charge is 2.20. The highest BCUT2D eigenvalue weighted by Crippen LogP contribution is 2.29. The van der Waals surface area contributed by atoms with Gasteiger partial charge in [0.25, 0.3) is 7.52 Å². The van der Waals surface area contributed by atoms with E-state index in [1.54, 1.807) is 13.8 Å². The molecule has 4 N–H and O–H groups in total. The van der Waals surface area contributed by atoms with E-state index >= 15 is 0 Å². The molecule has 0 heterocycles. The molecule has 0 aromatic heterocycles. The third kappa shape index (κ3) is 15.7. The molecule has 0 aliphatic carbocycles. The molecule has 0 spiro atoms. The fraction of sp³-hybridized carbons (Fsp3) is 0.857. The molecule has 138 valence electrons. The average molecular weight is 354 g/mol. The van der Waals surface area contributed by atoms with Crippen molar-refractivity contribution in [1.82, 2.24) is 5.09 Å². The summed E-state index contributed by atoms with van der Waals surface area (Å²) in [6.07, 6.45) is 2.78. The molecular weight excluding hydrogens is 323 g/mol. The Kier molecular flexibility index (Phi) is 14.3. The number of unbranched alkanes of at least 4 members (excludes halogenated alkanes) is 1. The maximum Gasteiger partial charge on any atom is 0.323 e. The molecule has 3 unspecified atom stereocenters. The van der Waals surface area contributed by atoms with E-state index in [1.807, 2.05) is 0 Å². The van der Waals surface area contributed by atoms with Crippen LogP contribution >= 0.6 is 7.52 Å². The number of carbonyl (C=O) groups excluding carboxylic acids is 2. The number of rotatable bonds is 9. The zero-order chi connectivity index (χ0) is 18.5. The number of hydrogen-bond donors (Lipinski definition) is 3. The van der Waals surface area contributed by atoms with Gasteiger partial charge in [0.05, 0.1) is 13.2 Å². The maximum absolute atomic E-state index is 10.9. The Balaban J connectivity index is 0. The van der Waals surface area contributed by atoms with Gasteiger partial charge in [-0.05, 0) is 27.2 Å². The van der Waals surface area contributed by atoms with Crippen molar-refractivity contribution >= 4 is 19.5 Å². The van der Waals surface area contributed by atoms with Crippen LogP contribution in [0.25, 0.3) is 0 Å². The van der Waals surface area contributed by atoms with Crippen molar-refractivity contribution in [1.29, 1.82) is 0 Å². The minimum Gasteiger partial charge on any atom is -0.465 e. The fourth-order valence-corrected chi connectivity index (χ4v) is 2.29. The Morgan fingerprint density at radius 3 is 2.04 bits per heavy atom.